The van der Waals surface area contributed by atoms with Crippen molar-refractivity contribution in [3.63, 3.8) is 0 Å². The van der Waals surface area contributed by atoms with Gasteiger partial charge in [-0.05, 0) is 17.6 Å². The SMILES string of the molecule is CN1CN2C=CC(B(O)O)=CC2=N1. The average molecular weight is 179 g/mol. The molecule has 68 valence electrons. The molecule has 0 aliphatic carbocycles. The Labute approximate surface area is 76.4 Å². The lowest BCUT2D eigenvalue weighted by atomic mass is 9.78. The van der Waals surface area contributed by atoms with E-state index in [0.717, 1.165) is 5.84 Å². The van der Waals surface area contributed by atoms with Gasteiger partial charge in [0.2, 0.25) is 0 Å². The van der Waals surface area contributed by atoms with Gasteiger partial charge in [0, 0.05) is 13.2 Å². The van der Waals surface area contributed by atoms with E-state index >= 15 is 0 Å². The van der Waals surface area contributed by atoms with Gasteiger partial charge in [0.05, 0.1) is 0 Å². The van der Waals surface area contributed by atoms with Crippen molar-refractivity contribution in [2.45, 2.75) is 0 Å². The maximum absolute atomic E-state index is 8.91. The Morgan fingerprint density at radius 1 is 1.54 bits per heavy atom. The summed E-state index contributed by atoms with van der Waals surface area (Å²) in [7, 11) is 0.439. The average Bonchev–Trinajstić information content (AvgIpc) is 2.42. The Hall–Kier alpha value is -1.27. The van der Waals surface area contributed by atoms with E-state index in [0.29, 0.717) is 12.1 Å². The molecule has 2 N–H and O–H groups in total. The van der Waals surface area contributed by atoms with Gasteiger partial charge in [0.1, 0.15) is 6.67 Å². The van der Waals surface area contributed by atoms with E-state index < -0.39 is 7.12 Å². The van der Waals surface area contributed by atoms with Gasteiger partial charge in [0.25, 0.3) is 0 Å². The van der Waals surface area contributed by atoms with E-state index in [-0.39, 0.29) is 0 Å². The van der Waals surface area contributed by atoms with Crippen LogP contribution in [0.4, 0.5) is 0 Å². The lowest BCUT2D eigenvalue weighted by Crippen LogP contribution is -2.28. The van der Waals surface area contributed by atoms with E-state index in [4.69, 9.17) is 10.0 Å². The molecule has 0 saturated carbocycles. The van der Waals surface area contributed by atoms with E-state index in [1.54, 1.807) is 23.4 Å². The second-order valence-electron chi connectivity index (χ2n) is 3.06. The fourth-order valence-corrected chi connectivity index (χ4v) is 1.33. The van der Waals surface area contributed by atoms with Crippen molar-refractivity contribution in [2.75, 3.05) is 13.7 Å². The van der Waals surface area contributed by atoms with Gasteiger partial charge in [-0.25, -0.2) is 0 Å². The number of fused-ring (bicyclic) bond motifs is 1. The summed E-state index contributed by atoms with van der Waals surface area (Å²) in [5.74, 6) is 0.744. The Morgan fingerprint density at radius 2 is 2.31 bits per heavy atom. The van der Waals surface area contributed by atoms with Crippen LogP contribution in [0.2, 0.25) is 0 Å². The molecule has 0 saturated heterocycles. The van der Waals surface area contributed by atoms with Crippen LogP contribution < -0.4 is 0 Å². The van der Waals surface area contributed by atoms with E-state index in [2.05, 4.69) is 5.10 Å². The van der Waals surface area contributed by atoms with E-state index in [1.165, 1.54) is 0 Å². The summed E-state index contributed by atoms with van der Waals surface area (Å²) >= 11 is 0. The van der Waals surface area contributed by atoms with Crippen LogP contribution in [0.25, 0.3) is 0 Å². The summed E-state index contributed by atoms with van der Waals surface area (Å²) in [5.41, 5.74) is 0.463. The minimum Gasteiger partial charge on any atom is -0.423 e. The van der Waals surface area contributed by atoms with Gasteiger partial charge in [-0.1, -0.05) is 0 Å². The lowest BCUT2D eigenvalue weighted by Gasteiger charge is -2.17. The second kappa shape index (κ2) is 2.90. The summed E-state index contributed by atoms with van der Waals surface area (Å²) in [5, 5.41) is 23.8. The summed E-state index contributed by atoms with van der Waals surface area (Å²) in [4.78, 5) is 1.92. The molecule has 2 rings (SSSR count). The molecule has 0 amide bonds. The first-order chi connectivity index (χ1) is 6.16. The van der Waals surface area contributed by atoms with Gasteiger partial charge in [-0.3, -0.25) is 5.01 Å². The van der Waals surface area contributed by atoms with Crippen LogP contribution in [0, 0.1) is 0 Å². The number of hydrogen-bond donors (Lipinski definition) is 2. The highest BCUT2D eigenvalue weighted by molar-refractivity contribution is 6.52. The zero-order valence-corrected chi connectivity index (χ0v) is 7.25. The molecule has 0 atom stereocenters. The predicted molar refractivity (Wildman–Crippen MR) is 49.3 cm³/mol. The standard InChI is InChI=1S/C7H10BN3O2/c1-10-5-11-3-2-6(8(12)13)4-7(11)9-10/h2-4,12-13H,5H2,1H3. The molecule has 13 heavy (non-hydrogen) atoms. The third kappa shape index (κ3) is 1.45. The minimum absolute atomic E-state index is 0.463. The Morgan fingerprint density at radius 3 is 3.00 bits per heavy atom. The zero-order chi connectivity index (χ0) is 9.42. The van der Waals surface area contributed by atoms with Gasteiger partial charge in [-0.2, -0.15) is 5.10 Å². The van der Waals surface area contributed by atoms with Crippen molar-refractivity contribution in [2.24, 2.45) is 5.10 Å². The van der Waals surface area contributed by atoms with Gasteiger partial charge < -0.3 is 14.9 Å². The van der Waals surface area contributed by atoms with Crippen LogP contribution in [-0.2, 0) is 0 Å². The fourth-order valence-electron chi connectivity index (χ4n) is 1.33. The molecule has 2 aliphatic rings. The Kier molecular flexibility index (Phi) is 1.86. The number of hydrazone groups is 1. The molecule has 2 aliphatic heterocycles. The molecule has 0 bridgehead atoms. The Balaban J connectivity index is 2.25. The normalized spacial score (nSPS) is 19.9. The van der Waals surface area contributed by atoms with Gasteiger partial charge >= 0.3 is 7.12 Å². The predicted octanol–water partition coefficient (Wildman–Crippen LogP) is -1.03. The molecule has 5 nitrogen and oxygen atoms in total. The minimum atomic E-state index is -1.42. The summed E-state index contributed by atoms with van der Waals surface area (Å²) in [6.07, 6.45) is 5.12. The van der Waals surface area contributed by atoms with Crippen LogP contribution in [0.15, 0.2) is 28.9 Å². The highest BCUT2D eigenvalue weighted by Crippen LogP contribution is 2.15. The highest BCUT2D eigenvalue weighted by atomic mass is 16.4. The number of hydrogen-bond acceptors (Lipinski definition) is 5. The van der Waals surface area contributed by atoms with Crippen LogP contribution in [0.5, 0.6) is 0 Å². The smallest absolute Gasteiger partial charge is 0.423 e. The highest BCUT2D eigenvalue weighted by Gasteiger charge is 2.23. The lowest BCUT2D eigenvalue weighted by molar-refractivity contribution is 0.317. The molecular weight excluding hydrogens is 169 g/mol. The van der Waals surface area contributed by atoms with Gasteiger partial charge in [-0.15, -0.1) is 0 Å². The number of amidine groups is 1. The molecular formula is C7H10BN3O2. The molecule has 0 spiro atoms. The van der Waals surface area contributed by atoms with Crippen LogP contribution in [0.3, 0.4) is 0 Å². The second-order valence-corrected chi connectivity index (χ2v) is 3.06. The number of rotatable bonds is 1. The molecule has 2 heterocycles. The van der Waals surface area contributed by atoms with Crippen LogP contribution in [0.1, 0.15) is 0 Å². The third-order valence-corrected chi connectivity index (χ3v) is 1.97. The maximum atomic E-state index is 8.91. The molecule has 0 aromatic heterocycles. The van der Waals surface area contributed by atoms with Crippen molar-refractivity contribution < 1.29 is 10.0 Å². The summed E-state index contributed by atoms with van der Waals surface area (Å²) in [6, 6.07) is 0. The fraction of sp³-hybridized carbons (Fsp3) is 0.286. The largest absolute Gasteiger partial charge is 0.488 e. The quantitative estimate of drug-likeness (QED) is 0.505. The number of allylic oxidation sites excluding steroid dienone is 2. The molecule has 0 fully saturated rings. The molecule has 0 aromatic rings. The number of nitrogens with zero attached hydrogens (tertiary/aromatic N) is 3. The topological polar surface area (TPSA) is 59.3 Å². The van der Waals surface area contributed by atoms with Crippen LogP contribution in [-0.4, -0.2) is 46.6 Å². The van der Waals surface area contributed by atoms with Crippen molar-refractivity contribution >= 4 is 13.0 Å². The summed E-state index contributed by atoms with van der Waals surface area (Å²) < 4.78 is 0. The summed E-state index contributed by atoms with van der Waals surface area (Å²) in [6.45, 7) is 0.705. The molecule has 0 aromatic carbocycles. The van der Waals surface area contributed by atoms with Crippen molar-refractivity contribution in [3.8, 4) is 0 Å². The first-order valence-electron chi connectivity index (χ1n) is 3.99. The zero-order valence-electron chi connectivity index (χ0n) is 7.25. The monoisotopic (exact) mass is 179 g/mol. The molecule has 0 unspecified atom stereocenters. The van der Waals surface area contributed by atoms with E-state index in [9.17, 15) is 0 Å². The van der Waals surface area contributed by atoms with Crippen molar-refractivity contribution in [1.29, 1.82) is 0 Å². The maximum Gasteiger partial charge on any atom is 0.488 e. The van der Waals surface area contributed by atoms with Crippen molar-refractivity contribution in [1.82, 2.24) is 9.91 Å². The van der Waals surface area contributed by atoms with Crippen molar-refractivity contribution in [3.05, 3.63) is 23.8 Å². The van der Waals surface area contributed by atoms with Gasteiger partial charge in [0.15, 0.2) is 5.84 Å². The van der Waals surface area contributed by atoms with E-state index in [1.807, 2.05) is 11.9 Å². The third-order valence-electron chi connectivity index (χ3n) is 1.97. The first kappa shape index (κ1) is 8.34. The first-order valence-corrected chi connectivity index (χ1v) is 3.99. The molecule has 0 radical (unpaired) electrons. The molecule has 6 heteroatoms. The van der Waals surface area contributed by atoms with Crippen LogP contribution >= 0.6 is 0 Å². The Bertz CT molecular complexity index is 311.